The summed E-state index contributed by atoms with van der Waals surface area (Å²) in [6.45, 7) is 8.35. The van der Waals surface area contributed by atoms with E-state index < -0.39 is 5.60 Å². The van der Waals surface area contributed by atoms with Crippen LogP contribution >= 0.6 is 0 Å². The normalized spacial score (nSPS) is 40.4. The van der Waals surface area contributed by atoms with Gasteiger partial charge in [0.25, 0.3) is 0 Å². The number of nitrogens with zero attached hydrogens (tertiary/aromatic N) is 2. The first-order valence-electron chi connectivity index (χ1n) is 12.9. The molecule has 0 spiro atoms. The molecule has 33 heavy (non-hydrogen) atoms. The van der Waals surface area contributed by atoms with Crippen LogP contribution in [0.3, 0.4) is 0 Å². The average Bonchev–Trinajstić information content (AvgIpc) is 3.51. The Balaban J connectivity index is 1.23. The topological polar surface area (TPSA) is 80.3 Å². The lowest BCUT2D eigenvalue weighted by Gasteiger charge is -2.40. The van der Waals surface area contributed by atoms with E-state index in [1.54, 1.807) is 7.11 Å². The van der Waals surface area contributed by atoms with Gasteiger partial charge in [-0.1, -0.05) is 6.42 Å². The first-order chi connectivity index (χ1) is 15.7. The van der Waals surface area contributed by atoms with Gasteiger partial charge in [-0.05, 0) is 65.2 Å². The van der Waals surface area contributed by atoms with Crippen LogP contribution in [0.5, 0.6) is 0 Å². The van der Waals surface area contributed by atoms with Crippen LogP contribution in [0.2, 0.25) is 0 Å². The van der Waals surface area contributed by atoms with E-state index >= 15 is 0 Å². The number of rotatable bonds is 4. The molecule has 8 heteroatoms. The second-order valence-electron chi connectivity index (χ2n) is 11.9. The van der Waals surface area contributed by atoms with Gasteiger partial charge in [0.1, 0.15) is 5.60 Å². The molecule has 3 heterocycles. The van der Waals surface area contributed by atoms with Gasteiger partial charge in [0.15, 0.2) is 0 Å². The zero-order chi connectivity index (χ0) is 23.4. The number of nitrogens with one attached hydrogen (secondary N) is 1. The van der Waals surface area contributed by atoms with Gasteiger partial charge in [0.05, 0.1) is 30.2 Å². The van der Waals surface area contributed by atoms with Gasteiger partial charge in [-0.2, -0.15) is 0 Å². The number of methoxy groups -OCH3 is 1. The quantitative estimate of drug-likeness (QED) is 0.690. The molecule has 0 aromatic rings. The summed E-state index contributed by atoms with van der Waals surface area (Å²) >= 11 is 0. The number of carbonyl (C=O) groups is 2. The Labute approximate surface area is 197 Å². The van der Waals surface area contributed by atoms with Crippen LogP contribution in [-0.4, -0.2) is 91.1 Å². The van der Waals surface area contributed by atoms with Crippen molar-refractivity contribution in [2.75, 3.05) is 33.4 Å². The van der Waals surface area contributed by atoms with Gasteiger partial charge >= 0.3 is 6.09 Å². The Kier molecular flexibility index (Phi) is 6.15. The first kappa shape index (κ1) is 23.4. The highest BCUT2D eigenvalue weighted by molar-refractivity contribution is 5.85. The summed E-state index contributed by atoms with van der Waals surface area (Å²) in [5.74, 6) is 0.810. The van der Waals surface area contributed by atoms with Crippen molar-refractivity contribution in [2.45, 2.75) is 102 Å². The van der Waals surface area contributed by atoms with E-state index in [2.05, 4.69) is 10.2 Å². The summed E-state index contributed by atoms with van der Waals surface area (Å²) in [5.41, 5.74) is -0.727. The standard InChI is InChI=1S/C25H41N3O5/c1-24(2,3)33-23(30)28-14-18-11-19(28)13-27(18)22(29)25-8-5-6-16(25)10-17(12-25)26-20-7-9-32-15-21(20)31-4/h16-21,26H,5-15H2,1-4H3/t16-,17-,18+,19+,20+,21-,25-/m1/s1. The minimum atomic E-state index is -0.497. The van der Waals surface area contributed by atoms with E-state index in [4.69, 9.17) is 14.2 Å². The van der Waals surface area contributed by atoms with E-state index in [0.29, 0.717) is 43.6 Å². The van der Waals surface area contributed by atoms with Gasteiger partial charge in [-0.3, -0.25) is 4.79 Å². The highest BCUT2D eigenvalue weighted by Crippen LogP contribution is 2.56. The van der Waals surface area contributed by atoms with Crippen molar-refractivity contribution in [1.29, 1.82) is 0 Å². The summed E-state index contributed by atoms with van der Waals surface area (Å²) in [5, 5.41) is 3.85. The zero-order valence-corrected chi connectivity index (χ0v) is 20.7. The molecule has 0 aromatic heterocycles. The van der Waals surface area contributed by atoms with Crippen LogP contribution in [0, 0.1) is 11.3 Å². The van der Waals surface area contributed by atoms with Gasteiger partial charge in [0.2, 0.25) is 5.91 Å². The van der Waals surface area contributed by atoms with E-state index in [-0.39, 0.29) is 29.7 Å². The molecular formula is C25H41N3O5. The third kappa shape index (κ3) is 4.27. The van der Waals surface area contributed by atoms with Gasteiger partial charge in [-0.15, -0.1) is 0 Å². The van der Waals surface area contributed by atoms with E-state index in [1.165, 1.54) is 0 Å². The molecule has 2 saturated carbocycles. The molecule has 2 aliphatic carbocycles. The molecule has 5 aliphatic rings. The maximum atomic E-state index is 14.0. The Bertz CT molecular complexity index is 770. The number of hydrogen-bond acceptors (Lipinski definition) is 6. The predicted molar refractivity (Wildman–Crippen MR) is 123 cm³/mol. The fourth-order valence-corrected chi connectivity index (χ4v) is 7.30. The van der Waals surface area contributed by atoms with Crippen LogP contribution < -0.4 is 5.32 Å². The minimum Gasteiger partial charge on any atom is -0.444 e. The lowest BCUT2D eigenvalue weighted by atomic mass is 9.78. The number of amides is 2. The number of ether oxygens (including phenoxy) is 3. The smallest absolute Gasteiger partial charge is 0.410 e. The third-order valence-corrected chi connectivity index (χ3v) is 8.75. The van der Waals surface area contributed by atoms with Crippen molar-refractivity contribution >= 4 is 12.0 Å². The largest absolute Gasteiger partial charge is 0.444 e. The molecule has 5 rings (SSSR count). The van der Waals surface area contributed by atoms with Crippen molar-refractivity contribution < 1.29 is 23.8 Å². The molecular weight excluding hydrogens is 422 g/mol. The second kappa shape index (κ2) is 8.68. The molecule has 2 bridgehead atoms. The molecule has 3 saturated heterocycles. The van der Waals surface area contributed by atoms with Crippen LogP contribution in [-0.2, 0) is 19.0 Å². The van der Waals surface area contributed by atoms with Crippen molar-refractivity contribution in [3.63, 3.8) is 0 Å². The summed E-state index contributed by atoms with van der Waals surface area (Å²) in [4.78, 5) is 30.6. The molecule has 2 amide bonds. The molecule has 7 atom stereocenters. The van der Waals surface area contributed by atoms with Crippen molar-refractivity contribution in [2.24, 2.45) is 11.3 Å². The monoisotopic (exact) mass is 463 g/mol. The second-order valence-corrected chi connectivity index (χ2v) is 11.9. The third-order valence-electron chi connectivity index (χ3n) is 8.75. The van der Waals surface area contributed by atoms with Crippen LogP contribution in [0.1, 0.15) is 65.7 Å². The maximum Gasteiger partial charge on any atom is 0.410 e. The van der Waals surface area contributed by atoms with Crippen molar-refractivity contribution in [3.8, 4) is 0 Å². The molecule has 1 N–H and O–H groups in total. The van der Waals surface area contributed by atoms with E-state index in [9.17, 15) is 9.59 Å². The fourth-order valence-electron chi connectivity index (χ4n) is 7.30. The molecule has 186 valence electrons. The molecule has 0 aromatic carbocycles. The number of likely N-dealkylation sites (tertiary alicyclic amines) is 2. The lowest BCUT2D eigenvalue weighted by Crippen LogP contribution is -2.55. The van der Waals surface area contributed by atoms with Crippen molar-refractivity contribution in [3.05, 3.63) is 0 Å². The number of carbonyl (C=O) groups excluding carboxylic acids is 2. The van der Waals surface area contributed by atoms with E-state index in [0.717, 1.165) is 51.6 Å². The summed E-state index contributed by atoms with van der Waals surface area (Å²) < 4.78 is 16.8. The zero-order valence-electron chi connectivity index (χ0n) is 20.7. The Morgan fingerprint density at radius 3 is 2.55 bits per heavy atom. The van der Waals surface area contributed by atoms with Crippen LogP contribution in [0.15, 0.2) is 0 Å². The SMILES string of the molecule is CO[C@@H]1COCC[C@@H]1N[C@@H]1C[C@H]2CCC[C@@]2(C(=O)N2C[C@@H]3C[C@H]2CN3C(=O)OC(C)(C)C)C1. The first-order valence-corrected chi connectivity index (χ1v) is 12.9. The lowest BCUT2D eigenvalue weighted by molar-refractivity contribution is -0.146. The highest BCUT2D eigenvalue weighted by atomic mass is 16.6. The van der Waals surface area contributed by atoms with Gasteiger partial charge in [-0.25, -0.2) is 4.79 Å². The molecule has 5 fully saturated rings. The minimum absolute atomic E-state index is 0.0824. The molecule has 8 nitrogen and oxygen atoms in total. The summed E-state index contributed by atoms with van der Waals surface area (Å²) in [7, 11) is 1.76. The fraction of sp³-hybridized carbons (Fsp3) is 0.920. The number of piperazine rings is 1. The van der Waals surface area contributed by atoms with Crippen LogP contribution in [0.25, 0.3) is 0 Å². The number of hydrogen-bond donors (Lipinski definition) is 1. The predicted octanol–water partition coefficient (Wildman–Crippen LogP) is 2.55. The highest BCUT2D eigenvalue weighted by Gasteiger charge is 2.59. The Morgan fingerprint density at radius 1 is 1.09 bits per heavy atom. The Morgan fingerprint density at radius 2 is 1.85 bits per heavy atom. The van der Waals surface area contributed by atoms with Crippen molar-refractivity contribution in [1.82, 2.24) is 15.1 Å². The maximum absolute atomic E-state index is 14.0. The average molecular weight is 464 g/mol. The molecule has 0 radical (unpaired) electrons. The Hall–Kier alpha value is -1.38. The van der Waals surface area contributed by atoms with Gasteiger partial charge in [0, 0.05) is 38.9 Å². The summed E-state index contributed by atoms with van der Waals surface area (Å²) in [6.07, 6.45) is 6.97. The van der Waals surface area contributed by atoms with Crippen LogP contribution in [0.4, 0.5) is 4.79 Å². The van der Waals surface area contributed by atoms with E-state index in [1.807, 2.05) is 25.7 Å². The molecule has 3 aliphatic heterocycles. The number of fused-ring (bicyclic) bond motifs is 3. The molecule has 0 unspecified atom stereocenters. The summed E-state index contributed by atoms with van der Waals surface area (Å²) in [6, 6.07) is 0.874. The van der Waals surface area contributed by atoms with Gasteiger partial charge < -0.3 is 29.3 Å².